The van der Waals surface area contributed by atoms with Gasteiger partial charge in [-0.2, -0.15) is 0 Å². The summed E-state index contributed by atoms with van der Waals surface area (Å²) in [4.78, 5) is 44.7. The molecule has 199 valence electrons. The summed E-state index contributed by atoms with van der Waals surface area (Å²) in [6, 6.07) is 6.02. The van der Waals surface area contributed by atoms with Crippen LogP contribution < -0.4 is 28.3 Å². The molecule has 1 fully saturated rings. The molecule has 3 unspecified atom stereocenters. The second-order valence-corrected chi connectivity index (χ2v) is 13.2. The zero-order valence-electron chi connectivity index (χ0n) is 20.1. The van der Waals surface area contributed by atoms with Crippen molar-refractivity contribution < 1.29 is 59.7 Å². The number of nitrogens with zero attached hydrogens (tertiary/aromatic N) is 2. The van der Waals surface area contributed by atoms with Gasteiger partial charge in [-0.3, -0.25) is 0 Å². The summed E-state index contributed by atoms with van der Waals surface area (Å²) in [5, 5.41) is 14.4. The molecule has 0 bridgehead atoms. The van der Waals surface area contributed by atoms with Crippen LogP contribution in [0, 0.1) is 18.9 Å². The van der Waals surface area contributed by atoms with Crippen LogP contribution in [0.3, 0.4) is 0 Å². The van der Waals surface area contributed by atoms with Gasteiger partial charge in [0.2, 0.25) is 0 Å². The topological polar surface area (TPSA) is 121 Å². The maximum Gasteiger partial charge on any atom is 1.00 e. The van der Waals surface area contributed by atoms with E-state index in [1.165, 1.54) is 4.90 Å². The van der Waals surface area contributed by atoms with Crippen LogP contribution in [0.1, 0.15) is 38.4 Å². The van der Waals surface area contributed by atoms with Crippen molar-refractivity contribution in [3.05, 3.63) is 47.6 Å². The van der Waals surface area contributed by atoms with Crippen molar-refractivity contribution in [3.8, 4) is 10.4 Å². The van der Waals surface area contributed by atoms with E-state index in [1.807, 2.05) is 36.7 Å². The molecular formula is C23H28I2N4O5RuS-. The van der Waals surface area contributed by atoms with E-state index in [0.717, 1.165) is 21.7 Å². The maximum atomic E-state index is 13.4. The summed E-state index contributed by atoms with van der Waals surface area (Å²) in [6.45, 7) is 9.18. The van der Waals surface area contributed by atoms with Crippen molar-refractivity contribution in [1.82, 2.24) is 20.5 Å². The summed E-state index contributed by atoms with van der Waals surface area (Å²) in [5.74, 6) is -0.761. The summed E-state index contributed by atoms with van der Waals surface area (Å²) >= 11 is 3.24. The van der Waals surface area contributed by atoms with Crippen LogP contribution >= 0.6 is 30.0 Å². The number of thiazole rings is 1. The van der Waals surface area contributed by atoms with Crippen LogP contribution in [0.25, 0.3) is 10.4 Å². The number of halogens is 2. The second-order valence-electron chi connectivity index (χ2n) is 9.30. The zero-order valence-corrected chi connectivity index (χ0v) is 27.0. The Hall–Kier alpha value is -1.03. The zero-order chi connectivity index (χ0) is 25.8. The minimum absolute atomic E-state index is 0. The predicted molar refractivity (Wildman–Crippen MR) is 137 cm³/mol. The normalized spacial score (nSPS) is 18.3. The smallest absolute Gasteiger partial charge is 1.00 e. The molecule has 1 aromatic heterocycles. The summed E-state index contributed by atoms with van der Waals surface area (Å²) < 4.78 is 5.80. The van der Waals surface area contributed by atoms with E-state index in [2.05, 4.69) is 34.2 Å². The van der Waals surface area contributed by atoms with Crippen LogP contribution in [0.15, 0.2) is 29.8 Å². The van der Waals surface area contributed by atoms with Gasteiger partial charge in [-0.05, 0) is 6.92 Å². The SMILES string of the molecule is Cc1ncsc1-c1ccc([CH-]NC(=O)C2CC(O[I-]I)CN2C(=O)C(NC(=O)O)C(C)(C)C)cc1.[Ru+]. The van der Waals surface area contributed by atoms with Crippen molar-refractivity contribution in [3.63, 3.8) is 0 Å². The Balaban J connectivity index is 0.00000456. The number of rotatable bonds is 8. The Morgan fingerprint density at radius 2 is 1.97 bits per heavy atom. The summed E-state index contributed by atoms with van der Waals surface area (Å²) in [5.41, 5.74) is 3.99. The van der Waals surface area contributed by atoms with Gasteiger partial charge < -0.3 is 0 Å². The molecule has 13 heteroatoms. The molecule has 1 aromatic carbocycles. The number of benzene rings is 1. The molecule has 2 aromatic rings. The fourth-order valence-electron chi connectivity index (χ4n) is 3.90. The van der Waals surface area contributed by atoms with E-state index in [0.29, 0.717) is 6.42 Å². The van der Waals surface area contributed by atoms with Gasteiger partial charge in [0.15, 0.2) is 0 Å². The first-order valence-electron chi connectivity index (χ1n) is 10.9. The number of carbonyl (C=O) groups is 3. The number of aromatic nitrogens is 1. The molecule has 36 heavy (non-hydrogen) atoms. The fourth-order valence-corrected chi connectivity index (χ4v) is 7.18. The van der Waals surface area contributed by atoms with Crippen LogP contribution in [-0.4, -0.2) is 57.6 Å². The van der Waals surface area contributed by atoms with Gasteiger partial charge in [0.05, 0.1) is 11.2 Å². The molecule has 9 nitrogen and oxygen atoms in total. The van der Waals surface area contributed by atoms with Crippen molar-refractivity contribution in [2.45, 2.75) is 52.3 Å². The molecule has 3 atom stereocenters. The Labute approximate surface area is 248 Å². The van der Waals surface area contributed by atoms with Gasteiger partial charge in [0, 0.05) is 0 Å². The summed E-state index contributed by atoms with van der Waals surface area (Å²) in [6.07, 6.45) is -1.18. The molecule has 3 N–H and O–H groups in total. The number of carboxylic acid groups (broad SMARTS) is 1. The molecule has 1 saturated heterocycles. The Kier molecular flexibility index (Phi) is 11.8. The average Bonchev–Trinajstić information content (AvgIpc) is 3.41. The fraction of sp³-hybridized carbons (Fsp3) is 0.435. The molecule has 1 aliphatic rings. The molecule has 3 amide bonds. The Morgan fingerprint density at radius 1 is 1.31 bits per heavy atom. The van der Waals surface area contributed by atoms with E-state index < -0.39 is 47.1 Å². The molecule has 0 aliphatic carbocycles. The van der Waals surface area contributed by atoms with E-state index in [4.69, 9.17) is 3.07 Å². The minimum atomic E-state index is -1.28. The number of nitrogens with one attached hydrogen (secondary N) is 2. The number of carbonyl (C=O) groups excluding carboxylic acids is 2. The van der Waals surface area contributed by atoms with Crippen LogP contribution in [-0.2, 0) is 32.1 Å². The standard InChI is InChI=1S/C23H28I2N4O5S.Ru/c1-13-18(35-12-27-13)15-7-5-14(6-8-15)10-26-20(30)17-9-16(34-25-24)11-29(17)21(31)19(23(2,3)4)28-22(32)33;/h5-8,10,12,16-17,19,28H,9,11H2,1-4H3,(H,26,30)(H,32,33);/q-2;+1. The number of hydrogen-bond acceptors (Lipinski definition) is 6. The number of likely N-dealkylation sites (tertiary alicyclic amines) is 1. The molecular weight excluding hydrogens is 799 g/mol. The number of aryl methyl sites for hydroxylation is 1. The molecule has 1 radical (unpaired) electrons. The first-order chi connectivity index (χ1) is 16.5. The van der Waals surface area contributed by atoms with Crippen LogP contribution in [0.2, 0.25) is 0 Å². The van der Waals surface area contributed by atoms with Gasteiger partial charge in [-0.1, -0.05) is 0 Å². The average molecular weight is 827 g/mol. The Morgan fingerprint density at radius 3 is 2.50 bits per heavy atom. The largest absolute Gasteiger partial charge is 1.00 e. The van der Waals surface area contributed by atoms with Gasteiger partial charge in [-0.15, -0.1) is 11.3 Å². The molecule has 1 aliphatic heterocycles. The van der Waals surface area contributed by atoms with Gasteiger partial charge in [-0.25, -0.2) is 4.98 Å². The van der Waals surface area contributed by atoms with Gasteiger partial charge in [0.1, 0.15) is 0 Å². The van der Waals surface area contributed by atoms with Crippen molar-refractivity contribution >= 4 is 47.9 Å². The number of amides is 3. The van der Waals surface area contributed by atoms with Crippen molar-refractivity contribution in [2.24, 2.45) is 5.41 Å². The van der Waals surface area contributed by atoms with Crippen LogP contribution in [0.4, 0.5) is 4.79 Å². The minimum Gasteiger partial charge on any atom is 1.00 e. The second kappa shape index (κ2) is 13.7. The van der Waals surface area contributed by atoms with E-state index in [1.54, 1.807) is 38.7 Å². The van der Waals surface area contributed by atoms with Gasteiger partial charge >= 0.3 is 216 Å². The molecule has 3 rings (SSSR count). The van der Waals surface area contributed by atoms with E-state index in [-0.39, 0.29) is 38.0 Å². The van der Waals surface area contributed by atoms with Gasteiger partial charge in [0.25, 0.3) is 0 Å². The first-order valence-corrected chi connectivity index (χ1v) is 18.9. The van der Waals surface area contributed by atoms with Crippen molar-refractivity contribution in [1.29, 1.82) is 0 Å². The van der Waals surface area contributed by atoms with E-state index in [9.17, 15) is 19.5 Å². The van der Waals surface area contributed by atoms with E-state index >= 15 is 0 Å². The molecule has 2 heterocycles. The van der Waals surface area contributed by atoms with Crippen LogP contribution in [0.5, 0.6) is 0 Å². The third kappa shape index (κ3) is 7.98. The Bertz CT molecular complexity index is 1060. The predicted octanol–water partition coefficient (Wildman–Crippen LogP) is 0.765. The third-order valence-corrected chi connectivity index (χ3v) is 8.87. The first kappa shape index (κ1) is 31.2. The van der Waals surface area contributed by atoms with Crippen molar-refractivity contribution in [2.75, 3.05) is 6.54 Å². The molecule has 0 saturated carbocycles. The quantitative estimate of drug-likeness (QED) is 0.206. The third-order valence-electron chi connectivity index (χ3n) is 5.69. The molecule has 0 spiro atoms. The number of hydrogen-bond donors (Lipinski definition) is 3. The summed E-state index contributed by atoms with van der Waals surface area (Å²) in [7, 11) is 0. The maximum absolute atomic E-state index is 13.4. The monoisotopic (exact) mass is 828 g/mol.